The zero-order valence-corrected chi connectivity index (χ0v) is 8.30. The molecule has 0 radical (unpaired) electrons. The molecule has 0 aromatic heterocycles. The fourth-order valence-electron chi connectivity index (χ4n) is 1.39. The molecule has 0 heterocycles. The van der Waals surface area contributed by atoms with Crippen molar-refractivity contribution < 1.29 is 13.2 Å². The Bertz CT molecular complexity index is 302. The fourth-order valence-corrected chi connectivity index (χ4v) is 1.39. The van der Waals surface area contributed by atoms with Crippen molar-refractivity contribution in [3.63, 3.8) is 0 Å². The van der Waals surface area contributed by atoms with Gasteiger partial charge in [-0.2, -0.15) is 0 Å². The van der Waals surface area contributed by atoms with Gasteiger partial charge in [-0.3, -0.25) is 0 Å². The molecule has 1 unspecified atom stereocenters. The average Bonchev–Trinajstić information content (AvgIpc) is 2.21. The molecule has 0 bridgehead atoms. The van der Waals surface area contributed by atoms with Crippen LogP contribution in [0.5, 0.6) is 0 Å². The second kappa shape index (κ2) is 5.75. The first-order chi connectivity index (χ1) is 7.15. The van der Waals surface area contributed by atoms with Gasteiger partial charge in [0, 0.05) is 12.5 Å². The van der Waals surface area contributed by atoms with Crippen LogP contribution in [0.4, 0.5) is 13.2 Å². The van der Waals surface area contributed by atoms with Crippen molar-refractivity contribution in [1.29, 1.82) is 0 Å². The summed E-state index contributed by atoms with van der Waals surface area (Å²) < 4.78 is 37.8. The van der Waals surface area contributed by atoms with Gasteiger partial charge in [0.1, 0.15) is 5.82 Å². The molecule has 0 aliphatic carbocycles. The molecular formula is C11H14F3N. The number of alkyl halides is 2. The minimum Gasteiger partial charge on any atom is -0.330 e. The molecule has 0 fully saturated rings. The van der Waals surface area contributed by atoms with E-state index in [1.165, 1.54) is 6.07 Å². The Morgan fingerprint density at radius 2 is 1.87 bits per heavy atom. The Kier molecular flexibility index (Phi) is 4.62. The van der Waals surface area contributed by atoms with Crippen LogP contribution in [0.2, 0.25) is 0 Å². The first-order valence-corrected chi connectivity index (χ1v) is 4.86. The second-order valence-electron chi connectivity index (χ2n) is 3.46. The first kappa shape index (κ1) is 12.0. The lowest BCUT2D eigenvalue weighted by atomic mass is 10.00. The van der Waals surface area contributed by atoms with Crippen molar-refractivity contribution >= 4 is 0 Å². The van der Waals surface area contributed by atoms with Gasteiger partial charge in [-0.15, -0.1) is 0 Å². The van der Waals surface area contributed by atoms with Crippen molar-refractivity contribution in [3.8, 4) is 0 Å². The van der Waals surface area contributed by atoms with E-state index in [1.807, 2.05) is 0 Å². The van der Waals surface area contributed by atoms with Crippen LogP contribution in [0.25, 0.3) is 0 Å². The van der Waals surface area contributed by atoms with Gasteiger partial charge >= 0.3 is 0 Å². The third kappa shape index (κ3) is 3.55. The van der Waals surface area contributed by atoms with Crippen molar-refractivity contribution in [1.82, 2.24) is 0 Å². The number of aryl methyl sites for hydroxylation is 1. The number of hydrogen-bond acceptors (Lipinski definition) is 1. The van der Waals surface area contributed by atoms with E-state index in [2.05, 4.69) is 0 Å². The molecule has 1 rings (SSSR count). The smallest absolute Gasteiger partial charge is 0.242 e. The lowest BCUT2D eigenvalue weighted by molar-refractivity contribution is 0.0768. The molecule has 1 aromatic rings. The molecule has 4 heteroatoms. The summed E-state index contributed by atoms with van der Waals surface area (Å²) in [5, 5.41) is 0. The van der Waals surface area contributed by atoms with Gasteiger partial charge < -0.3 is 5.73 Å². The summed E-state index contributed by atoms with van der Waals surface area (Å²) in [7, 11) is 0. The van der Waals surface area contributed by atoms with E-state index < -0.39 is 12.3 Å². The first-order valence-electron chi connectivity index (χ1n) is 4.86. The van der Waals surface area contributed by atoms with Crippen molar-refractivity contribution in [3.05, 3.63) is 35.6 Å². The van der Waals surface area contributed by atoms with Gasteiger partial charge in [0.15, 0.2) is 0 Å². The molecule has 0 amide bonds. The molecule has 0 saturated heterocycles. The van der Waals surface area contributed by atoms with E-state index in [1.54, 1.807) is 18.2 Å². The topological polar surface area (TPSA) is 26.0 Å². The summed E-state index contributed by atoms with van der Waals surface area (Å²) >= 11 is 0. The quantitative estimate of drug-likeness (QED) is 0.806. The maximum atomic E-state index is 13.1. The van der Waals surface area contributed by atoms with Gasteiger partial charge in [0.05, 0.1) is 0 Å². The molecule has 84 valence electrons. The molecule has 15 heavy (non-hydrogen) atoms. The highest BCUT2D eigenvalue weighted by atomic mass is 19.3. The van der Waals surface area contributed by atoms with Crippen molar-refractivity contribution in [2.45, 2.75) is 19.3 Å². The number of benzene rings is 1. The molecule has 1 nitrogen and oxygen atoms in total. The van der Waals surface area contributed by atoms with Crippen molar-refractivity contribution in [2.24, 2.45) is 11.7 Å². The molecule has 0 aliphatic rings. The Hall–Kier alpha value is -1.03. The van der Waals surface area contributed by atoms with Crippen LogP contribution < -0.4 is 5.73 Å². The Morgan fingerprint density at radius 3 is 2.40 bits per heavy atom. The number of halogens is 3. The molecule has 2 N–H and O–H groups in total. The normalized spacial score (nSPS) is 13.1. The minimum atomic E-state index is -2.43. The van der Waals surface area contributed by atoms with Crippen LogP contribution in [-0.2, 0) is 6.42 Å². The van der Waals surface area contributed by atoms with Crippen LogP contribution in [0.3, 0.4) is 0 Å². The van der Waals surface area contributed by atoms with E-state index in [0.29, 0.717) is 12.0 Å². The van der Waals surface area contributed by atoms with Gasteiger partial charge in [0.2, 0.25) is 6.43 Å². The minimum absolute atomic E-state index is 0.0634. The summed E-state index contributed by atoms with van der Waals surface area (Å²) in [6.07, 6.45) is -1.91. The van der Waals surface area contributed by atoms with Crippen LogP contribution in [0.15, 0.2) is 24.3 Å². The summed E-state index contributed by atoms with van der Waals surface area (Å²) in [6.45, 7) is -0.0634. The fraction of sp³-hybridized carbons (Fsp3) is 0.455. The molecule has 1 atom stereocenters. The third-order valence-corrected chi connectivity index (χ3v) is 2.40. The van der Waals surface area contributed by atoms with E-state index in [0.717, 1.165) is 0 Å². The standard InChI is InChI=1S/C11H14F3N/c12-10-4-2-1-3-8(10)5-6-9(7-15)11(13)14/h1-4,9,11H,5-7,15H2. The van der Waals surface area contributed by atoms with E-state index in [4.69, 9.17) is 5.73 Å². The van der Waals surface area contributed by atoms with Crippen LogP contribution in [-0.4, -0.2) is 13.0 Å². The molecular weight excluding hydrogens is 203 g/mol. The number of rotatable bonds is 5. The Morgan fingerprint density at radius 1 is 1.20 bits per heavy atom. The number of nitrogens with two attached hydrogens (primary N) is 1. The lowest BCUT2D eigenvalue weighted by Crippen LogP contribution is -2.22. The Labute approximate surface area is 87.1 Å². The van der Waals surface area contributed by atoms with Crippen LogP contribution in [0.1, 0.15) is 12.0 Å². The molecule has 0 spiro atoms. The monoisotopic (exact) mass is 217 g/mol. The van der Waals surface area contributed by atoms with Gasteiger partial charge in [-0.05, 0) is 24.5 Å². The Balaban J connectivity index is 2.53. The predicted octanol–water partition coefficient (Wildman–Crippen LogP) is 2.60. The second-order valence-corrected chi connectivity index (χ2v) is 3.46. The largest absolute Gasteiger partial charge is 0.330 e. The highest BCUT2D eigenvalue weighted by Crippen LogP contribution is 2.17. The predicted molar refractivity (Wildman–Crippen MR) is 53.3 cm³/mol. The van der Waals surface area contributed by atoms with Gasteiger partial charge in [0.25, 0.3) is 0 Å². The highest BCUT2D eigenvalue weighted by molar-refractivity contribution is 5.17. The maximum absolute atomic E-state index is 13.1. The summed E-state index contributed by atoms with van der Waals surface area (Å²) in [6, 6.07) is 6.20. The summed E-state index contributed by atoms with van der Waals surface area (Å²) in [4.78, 5) is 0. The zero-order valence-electron chi connectivity index (χ0n) is 8.30. The SMILES string of the molecule is NCC(CCc1ccccc1F)C(F)F. The third-order valence-electron chi connectivity index (χ3n) is 2.40. The van der Waals surface area contributed by atoms with Gasteiger partial charge in [-0.1, -0.05) is 18.2 Å². The van der Waals surface area contributed by atoms with E-state index in [9.17, 15) is 13.2 Å². The van der Waals surface area contributed by atoms with Crippen molar-refractivity contribution in [2.75, 3.05) is 6.54 Å². The number of hydrogen-bond donors (Lipinski definition) is 1. The highest BCUT2D eigenvalue weighted by Gasteiger charge is 2.18. The lowest BCUT2D eigenvalue weighted by Gasteiger charge is -2.13. The molecule has 0 aliphatic heterocycles. The van der Waals surface area contributed by atoms with Crippen LogP contribution >= 0.6 is 0 Å². The summed E-state index contributed by atoms with van der Waals surface area (Å²) in [5.74, 6) is -1.19. The average molecular weight is 217 g/mol. The van der Waals surface area contributed by atoms with Gasteiger partial charge in [-0.25, -0.2) is 13.2 Å². The van der Waals surface area contributed by atoms with Crippen LogP contribution in [0, 0.1) is 11.7 Å². The molecule has 0 saturated carbocycles. The van der Waals surface area contributed by atoms with E-state index >= 15 is 0 Å². The zero-order chi connectivity index (χ0) is 11.3. The molecule has 1 aromatic carbocycles. The summed E-state index contributed by atoms with van der Waals surface area (Å²) in [5.41, 5.74) is 5.67. The maximum Gasteiger partial charge on any atom is 0.242 e. The van der Waals surface area contributed by atoms with E-state index in [-0.39, 0.29) is 18.8 Å².